The summed E-state index contributed by atoms with van der Waals surface area (Å²) in [4.78, 5) is 23.0. The molecule has 1 saturated heterocycles. The van der Waals surface area contributed by atoms with Crippen LogP contribution in [0.2, 0.25) is 0 Å². The molecule has 98 valence electrons. The number of Topliss-reactive ketones (excluding diaryl/α,β-unsaturated/α-hetero) is 1. The molecular weight excluding hydrogens is 238 g/mol. The Morgan fingerprint density at radius 3 is 3.17 bits per heavy atom. The van der Waals surface area contributed by atoms with Crippen molar-refractivity contribution in [3.63, 3.8) is 0 Å². The quantitative estimate of drug-likeness (QED) is 0.706. The van der Waals surface area contributed by atoms with Gasteiger partial charge in [-0.25, -0.2) is 0 Å². The van der Waals surface area contributed by atoms with Gasteiger partial charge in [0.05, 0.1) is 6.04 Å². The zero-order valence-electron chi connectivity index (χ0n) is 9.80. The maximum atomic E-state index is 11.7. The van der Waals surface area contributed by atoms with E-state index >= 15 is 0 Å². The first-order valence-corrected chi connectivity index (χ1v) is 5.75. The number of hydrogen-bond acceptors (Lipinski definition) is 6. The Balaban J connectivity index is 1.76. The number of carbonyl (C=O) groups is 2. The first-order chi connectivity index (χ1) is 8.66. The summed E-state index contributed by atoms with van der Waals surface area (Å²) in [5, 5.41) is 6.15. The lowest BCUT2D eigenvalue weighted by Gasteiger charge is -2.13. The van der Waals surface area contributed by atoms with Gasteiger partial charge >= 0.3 is 0 Å². The molecule has 2 heterocycles. The van der Waals surface area contributed by atoms with E-state index in [0.717, 1.165) is 6.42 Å². The van der Waals surface area contributed by atoms with Crippen molar-refractivity contribution >= 4 is 11.7 Å². The van der Waals surface area contributed by atoms with Crippen molar-refractivity contribution in [2.45, 2.75) is 18.9 Å². The molecule has 1 amide bonds. The number of rotatable bonds is 6. The number of aromatic nitrogens is 1. The second-order valence-electron chi connectivity index (χ2n) is 4.23. The minimum absolute atomic E-state index is 0.0294. The second-order valence-corrected chi connectivity index (χ2v) is 4.23. The van der Waals surface area contributed by atoms with Gasteiger partial charge in [0.25, 0.3) is 0 Å². The van der Waals surface area contributed by atoms with Crippen LogP contribution in [0.4, 0.5) is 0 Å². The zero-order valence-corrected chi connectivity index (χ0v) is 9.80. The molecule has 0 radical (unpaired) electrons. The molecule has 1 aromatic heterocycles. The van der Waals surface area contributed by atoms with E-state index in [0.29, 0.717) is 18.7 Å². The van der Waals surface area contributed by atoms with E-state index in [1.807, 2.05) is 0 Å². The van der Waals surface area contributed by atoms with Crippen LogP contribution in [-0.4, -0.2) is 36.0 Å². The molecule has 0 spiro atoms. The summed E-state index contributed by atoms with van der Waals surface area (Å²) in [5.41, 5.74) is 5.75. The Morgan fingerprint density at radius 2 is 2.56 bits per heavy atom. The first-order valence-electron chi connectivity index (χ1n) is 5.75. The van der Waals surface area contributed by atoms with Crippen LogP contribution >= 0.6 is 0 Å². The zero-order chi connectivity index (χ0) is 13.0. The molecule has 0 unspecified atom stereocenters. The maximum Gasteiger partial charge on any atom is 0.223 e. The fraction of sp³-hybridized carbons (Fsp3) is 0.545. The van der Waals surface area contributed by atoms with E-state index in [4.69, 9.17) is 10.5 Å². The van der Waals surface area contributed by atoms with Gasteiger partial charge in [-0.2, -0.15) is 0 Å². The Bertz CT molecular complexity index is 418. The summed E-state index contributed by atoms with van der Waals surface area (Å²) < 4.78 is 9.69. The molecule has 7 nitrogen and oxygen atoms in total. The van der Waals surface area contributed by atoms with Crippen LogP contribution in [0.25, 0.3) is 0 Å². The van der Waals surface area contributed by atoms with Gasteiger partial charge < -0.3 is 20.3 Å². The van der Waals surface area contributed by atoms with Crippen molar-refractivity contribution in [2.75, 3.05) is 13.2 Å². The Morgan fingerprint density at radius 1 is 1.72 bits per heavy atom. The van der Waals surface area contributed by atoms with Crippen molar-refractivity contribution in [2.24, 2.45) is 11.7 Å². The highest BCUT2D eigenvalue weighted by Gasteiger charge is 2.28. The minimum atomic E-state index is -0.682. The SMILES string of the molecule is N[C@@H](C[C@@H]1CCNC1=O)C(=O)COc1cnoc1. The lowest BCUT2D eigenvalue weighted by Crippen LogP contribution is -2.37. The van der Waals surface area contributed by atoms with E-state index in [2.05, 4.69) is 15.0 Å². The Labute approximate surface area is 104 Å². The van der Waals surface area contributed by atoms with Crippen LogP contribution in [0.3, 0.4) is 0 Å². The molecule has 2 atom stereocenters. The fourth-order valence-electron chi connectivity index (χ4n) is 1.84. The molecule has 0 saturated carbocycles. The lowest BCUT2D eigenvalue weighted by atomic mass is 9.97. The van der Waals surface area contributed by atoms with Crippen molar-refractivity contribution in [1.29, 1.82) is 0 Å². The molecule has 1 aliphatic rings. The van der Waals surface area contributed by atoms with Gasteiger partial charge in [-0.3, -0.25) is 9.59 Å². The minimum Gasteiger partial charge on any atom is -0.481 e. The number of hydrogen-bond donors (Lipinski definition) is 2. The summed E-state index contributed by atoms with van der Waals surface area (Å²) in [6, 6.07) is -0.682. The molecule has 0 aromatic carbocycles. The van der Waals surface area contributed by atoms with Crippen molar-refractivity contribution < 1.29 is 18.8 Å². The van der Waals surface area contributed by atoms with Crippen molar-refractivity contribution in [3.05, 3.63) is 12.5 Å². The average Bonchev–Trinajstić information content (AvgIpc) is 2.99. The standard InChI is InChI=1S/C11H15N3O4/c12-9(3-7-1-2-13-11(7)16)10(15)6-17-8-4-14-18-5-8/h4-5,7,9H,1-3,6,12H2,(H,13,16)/t7-,9-/m0/s1. The number of amides is 1. The van der Waals surface area contributed by atoms with Gasteiger partial charge in [0.15, 0.2) is 17.8 Å². The number of nitrogens with zero attached hydrogens (tertiary/aromatic N) is 1. The molecular formula is C11H15N3O4. The third-order valence-electron chi connectivity index (χ3n) is 2.91. The highest BCUT2D eigenvalue weighted by molar-refractivity contribution is 5.87. The number of ether oxygens (including phenoxy) is 1. The number of nitrogens with one attached hydrogen (secondary N) is 1. The maximum absolute atomic E-state index is 11.7. The molecule has 7 heteroatoms. The molecule has 3 N–H and O–H groups in total. The molecule has 1 fully saturated rings. The second kappa shape index (κ2) is 5.63. The largest absolute Gasteiger partial charge is 0.481 e. The molecule has 0 bridgehead atoms. The summed E-state index contributed by atoms with van der Waals surface area (Å²) in [6.45, 7) is 0.512. The van der Waals surface area contributed by atoms with E-state index < -0.39 is 6.04 Å². The highest BCUT2D eigenvalue weighted by atomic mass is 16.5. The molecule has 1 aromatic rings. The van der Waals surface area contributed by atoms with Gasteiger partial charge in [-0.15, -0.1) is 0 Å². The van der Waals surface area contributed by atoms with E-state index in [-0.39, 0.29) is 24.2 Å². The number of nitrogens with two attached hydrogens (primary N) is 1. The summed E-state index contributed by atoms with van der Waals surface area (Å²) in [7, 11) is 0. The molecule has 0 aliphatic carbocycles. The Hall–Kier alpha value is -1.89. The fourth-order valence-corrected chi connectivity index (χ4v) is 1.84. The van der Waals surface area contributed by atoms with Gasteiger partial charge in [0, 0.05) is 12.5 Å². The van der Waals surface area contributed by atoms with Crippen molar-refractivity contribution in [1.82, 2.24) is 10.5 Å². The summed E-state index contributed by atoms with van der Waals surface area (Å²) in [5.74, 6) is -0.0530. The number of ketones is 1. The van der Waals surface area contributed by atoms with E-state index in [1.54, 1.807) is 0 Å². The molecule has 2 rings (SSSR count). The van der Waals surface area contributed by atoms with Crippen LogP contribution in [0.5, 0.6) is 5.75 Å². The third kappa shape index (κ3) is 3.07. The number of carbonyl (C=O) groups excluding carboxylic acids is 2. The Kier molecular flexibility index (Phi) is 3.93. The van der Waals surface area contributed by atoms with Gasteiger partial charge in [0.1, 0.15) is 12.8 Å². The predicted octanol–water partition coefficient (Wildman–Crippen LogP) is -0.524. The average molecular weight is 253 g/mol. The molecule has 1 aliphatic heterocycles. The van der Waals surface area contributed by atoms with Crippen LogP contribution in [0, 0.1) is 5.92 Å². The van der Waals surface area contributed by atoms with Gasteiger partial charge in [-0.05, 0) is 12.8 Å². The van der Waals surface area contributed by atoms with Gasteiger partial charge in [0.2, 0.25) is 5.91 Å². The molecule has 18 heavy (non-hydrogen) atoms. The van der Waals surface area contributed by atoms with Crippen LogP contribution in [0.15, 0.2) is 17.0 Å². The summed E-state index contributed by atoms with van der Waals surface area (Å²) >= 11 is 0. The monoisotopic (exact) mass is 253 g/mol. The normalized spacial score (nSPS) is 20.5. The third-order valence-corrected chi connectivity index (χ3v) is 2.91. The summed E-state index contributed by atoms with van der Waals surface area (Å²) in [6.07, 6.45) is 3.75. The van der Waals surface area contributed by atoms with Gasteiger partial charge in [-0.1, -0.05) is 5.16 Å². The smallest absolute Gasteiger partial charge is 0.223 e. The van der Waals surface area contributed by atoms with E-state index in [9.17, 15) is 9.59 Å². The van der Waals surface area contributed by atoms with Crippen LogP contribution < -0.4 is 15.8 Å². The highest BCUT2D eigenvalue weighted by Crippen LogP contribution is 2.16. The van der Waals surface area contributed by atoms with Crippen LogP contribution in [0.1, 0.15) is 12.8 Å². The van der Waals surface area contributed by atoms with Crippen molar-refractivity contribution in [3.8, 4) is 5.75 Å². The van der Waals surface area contributed by atoms with Crippen LogP contribution in [-0.2, 0) is 9.59 Å². The lowest BCUT2D eigenvalue weighted by molar-refractivity contribution is -0.124. The topological polar surface area (TPSA) is 107 Å². The first kappa shape index (κ1) is 12.6. The van der Waals surface area contributed by atoms with E-state index in [1.165, 1.54) is 12.5 Å². The predicted molar refractivity (Wildman–Crippen MR) is 60.7 cm³/mol.